The Morgan fingerprint density at radius 1 is 1.25 bits per heavy atom. The molecular formula is C21H31F3N2O6. The molecular weight excluding hydrogens is 433 g/mol. The minimum absolute atomic E-state index is 0.0256. The van der Waals surface area contributed by atoms with E-state index in [0.29, 0.717) is 19.8 Å². The van der Waals surface area contributed by atoms with Gasteiger partial charge in [0.15, 0.2) is 0 Å². The molecule has 0 bridgehead atoms. The number of methoxy groups -OCH3 is 2. The molecule has 0 aromatic carbocycles. The van der Waals surface area contributed by atoms with Gasteiger partial charge in [-0.1, -0.05) is 0 Å². The van der Waals surface area contributed by atoms with Gasteiger partial charge in [-0.3, -0.25) is 9.69 Å². The molecule has 1 aromatic rings. The van der Waals surface area contributed by atoms with E-state index in [-0.39, 0.29) is 17.2 Å². The standard InChI is InChI=1S/C19H30N2O4.C2HF3O2/c1-15-4-5-16(25-15)12-20-8-6-19(7-9-20)14-21(10-11-23-2)18(22)17(19)13-24-3;3-2(4,5)1(6)7/h4-5,17H,6-14H2,1-3H3;(H,6,7). The average molecular weight is 464 g/mol. The highest BCUT2D eigenvalue weighted by Crippen LogP contribution is 2.45. The van der Waals surface area contributed by atoms with Crippen LogP contribution in [0.4, 0.5) is 13.2 Å². The van der Waals surface area contributed by atoms with Crippen LogP contribution in [0.1, 0.15) is 24.4 Å². The largest absolute Gasteiger partial charge is 0.490 e. The molecule has 1 aromatic heterocycles. The van der Waals surface area contributed by atoms with E-state index in [0.717, 1.165) is 50.5 Å². The zero-order valence-electron chi connectivity index (χ0n) is 18.6. The summed E-state index contributed by atoms with van der Waals surface area (Å²) in [4.78, 5) is 26.1. The van der Waals surface area contributed by atoms with Gasteiger partial charge in [0.05, 0.1) is 25.7 Å². The van der Waals surface area contributed by atoms with Crippen LogP contribution in [-0.2, 0) is 25.6 Å². The molecule has 8 nitrogen and oxygen atoms in total. The molecule has 0 saturated carbocycles. The Hall–Kier alpha value is -2.11. The van der Waals surface area contributed by atoms with E-state index in [9.17, 15) is 18.0 Å². The van der Waals surface area contributed by atoms with Crippen LogP contribution < -0.4 is 0 Å². The van der Waals surface area contributed by atoms with E-state index in [1.165, 1.54) is 0 Å². The van der Waals surface area contributed by atoms with E-state index >= 15 is 0 Å². The summed E-state index contributed by atoms with van der Waals surface area (Å²) in [5.41, 5.74) is 0.0381. The van der Waals surface area contributed by atoms with Crippen LogP contribution in [0, 0.1) is 18.3 Å². The topological polar surface area (TPSA) is 92.5 Å². The molecule has 3 heterocycles. The van der Waals surface area contributed by atoms with Crippen molar-refractivity contribution < 1.29 is 41.8 Å². The van der Waals surface area contributed by atoms with Crippen molar-refractivity contribution in [2.75, 3.05) is 53.6 Å². The number of rotatable bonds is 7. The zero-order valence-corrected chi connectivity index (χ0v) is 18.6. The molecule has 1 amide bonds. The number of carboxylic acid groups (broad SMARTS) is 1. The number of aryl methyl sites for hydroxylation is 1. The van der Waals surface area contributed by atoms with Crippen molar-refractivity contribution in [2.45, 2.75) is 32.5 Å². The van der Waals surface area contributed by atoms with Crippen molar-refractivity contribution in [1.82, 2.24) is 9.80 Å². The fourth-order valence-corrected chi connectivity index (χ4v) is 4.31. The van der Waals surface area contributed by atoms with Crippen molar-refractivity contribution in [2.24, 2.45) is 11.3 Å². The van der Waals surface area contributed by atoms with E-state index in [1.54, 1.807) is 14.2 Å². The van der Waals surface area contributed by atoms with E-state index < -0.39 is 12.1 Å². The summed E-state index contributed by atoms with van der Waals surface area (Å²) >= 11 is 0. The Labute approximate surface area is 185 Å². The maximum Gasteiger partial charge on any atom is 0.490 e. The third-order valence-corrected chi connectivity index (χ3v) is 6.02. The Kier molecular flexibility index (Phi) is 9.11. The van der Waals surface area contributed by atoms with Crippen molar-refractivity contribution in [3.63, 3.8) is 0 Å². The van der Waals surface area contributed by atoms with Gasteiger partial charge in [-0.2, -0.15) is 13.2 Å². The maximum atomic E-state index is 12.8. The number of piperidine rings is 1. The average Bonchev–Trinajstić information content (AvgIpc) is 3.24. The first-order chi connectivity index (χ1) is 15.0. The quantitative estimate of drug-likeness (QED) is 0.663. The zero-order chi connectivity index (χ0) is 23.9. The number of carboxylic acids is 1. The molecule has 2 saturated heterocycles. The van der Waals surface area contributed by atoms with Gasteiger partial charge in [-0.05, 0) is 45.0 Å². The number of alkyl halides is 3. The maximum absolute atomic E-state index is 12.8. The minimum atomic E-state index is -5.08. The van der Waals surface area contributed by atoms with Gasteiger partial charge in [-0.25, -0.2) is 4.79 Å². The Balaban J connectivity index is 0.000000451. The summed E-state index contributed by atoms with van der Waals surface area (Å²) in [5.74, 6) is -0.575. The van der Waals surface area contributed by atoms with Crippen LogP contribution in [0.3, 0.4) is 0 Å². The summed E-state index contributed by atoms with van der Waals surface area (Å²) in [5, 5.41) is 7.12. The summed E-state index contributed by atoms with van der Waals surface area (Å²) in [6, 6.07) is 4.07. The van der Waals surface area contributed by atoms with Crippen LogP contribution in [0.25, 0.3) is 0 Å². The second-order valence-electron chi connectivity index (χ2n) is 8.21. The predicted octanol–water partition coefficient (Wildman–Crippen LogP) is 2.55. The van der Waals surface area contributed by atoms with Crippen LogP contribution >= 0.6 is 0 Å². The number of likely N-dealkylation sites (tertiary alicyclic amines) is 2. The normalized spacial score (nSPS) is 21.0. The highest BCUT2D eigenvalue weighted by molar-refractivity contribution is 5.82. The van der Waals surface area contributed by atoms with E-state index in [4.69, 9.17) is 23.8 Å². The number of hydrogen-bond donors (Lipinski definition) is 1. The predicted molar refractivity (Wildman–Crippen MR) is 108 cm³/mol. The number of furan rings is 1. The summed E-state index contributed by atoms with van der Waals surface area (Å²) in [7, 11) is 3.37. The molecule has 1 unspecified atom stereocenters. The molecule has 32 heavy (non-hydrogen) atoms. The lowest BCUT2D eigenvalue weighted by atomic mass is 9.71. The Morgan fingerprint density at radius 3 is 2.34 bits per heavy atom. The van der Waals surface area contributed by atoms with Crippen LogP contribution in [0.15, 0.2) is 16.5 Å². The molecule has 0 aliphatic carbocycles. The fraction of sp³-hybridized carbons (Fsp3) is 0.714. The lowest BCUT2D eigenvalue weighted by Crippen LogP contribution is -2.45. The van der Waals surface area contributed by atoms with Crippen LogP contribution in [0.2, 0.25) is 0 Å². The van der Waals surface area contributed by atoms with Crippen molar-refractivity contribution >= 4 is 11.9 Å². The summed E-state index contributed by atoms with van der Waals surface area (Å²) < 4.78 is 48.0. The van der Waals surface area contributed by atoms with Gasteiger partial charge in [0.1, 0.15) is 11.5 Å². The smallest absolute Gasteiger partial charge is 0.475 e. The molecule has 182 valence electrons. The molecule has 1 spiro atoms. The van der Waals surface area contributed by atoms with Crippen LogP contribution in [-0.4, -0.2) is 86.6 Å². The minimum Gasteiger partial charge on any atom is -0.475 e. The third-order valence-electron chi connectivity index (χ3n) is 6.02. The summed E-state index contributed by atoms with van der Waals surface area (Å²) in [6.07, 6.45) is -3.04. The van der Waals surface area contributed by atoms with Gasteiger partial charge in [0, 0.05) is 32.7 Å². The summed E-state index contributed by atoms with van der Waals surface area (Å²) in [6.45, 7) is 7.41. The Bertz CT molecular complexity index is 759. The van der Waals surface area contributed by atoms with Crippen LogP contribution in [0.5, 0.6) is 0 Å². The molecule has 1 N–H and O–H groups in total. The first-order valence-corrected chi connectivity index (χ1v) is 10.4. The number of hydrogen-bond acceptors (Lipinski definition) is 6. The fourth-order valence-electron chi connectivity index (χ4n) is 4.31. The monoisotopic (exact) mass is 464 g/mol. The van der Waals surface area contributed by atoms with E-state index in [2.05, 4.69) is 11.0 Å². The van der Waals surface area contributed by atoms with Gasteiger partial charge >= 0.3 is 12.1 Å². The first-order valence-electron chi connectivity index (χ1n) is 10.4. The van der Waals surface area contributed by atoms with Gasteiger partial charge in [0.2, 0.25) is 5.91 Å². The first kappa shape index (κ1) is 26.1. The highest BCUT2D eigenvalue weighted by Gasteiger charge is 2.52. The van der Waals surface area contributed by atoms with E-state index in [1.807, 2.05) is 17.9 Å². The number of aliphatic carboxylic acids is 1. The molecule has 2 aliphatic heterocycles. The number of halogens is 3. The highest BCUT2D eigenvalue weighted by atomic mass is 19.4. The second kappa shape index (κ2) is 11.2. The van der Waals surface area contributed by atoms with Crippen molar-refractivity contribution in [3.05, 3.63) is 23.7 Å². The van der Waals surface area contributed by atoms with Crippen molar-refractivity contribution in [1.29, 1.82) is 0 Å². The van der Waals surface area contributed by atoms with Gasteiger partial charge in [-0.15, -0.1) is 0 Å². The molecule has 2 fully saturated rings. The number of carbonyl (C=O) groups is 2. The van der Waals surface area contributed by atoms with Crippen molar-refractivity contribution in [3.8, 4) is 0 Å². The molecule has 2 aliphatic rings. The SMILES string of the molecule is COCCN1CC2(CCN(Cc3ccc(C)o3)CC2)C(COC)C1=O.O=C(O)C(F)(F)F. The second-order valence-corrected chi connectivity index (χ2v) is 8.21. The number of carbonyl (C=O) groups excluding carboxylic acids is 1. The third kappa shape index (κ3) is 6.69. The number of amides is 1. The Morgan fingerprint density at radius 2 is 1.88 bits per heavy atom. The lowest BCUT2D eigenvalue weighted by molar-refractivity contribution is -0.192. The van der Waals surface area contributed by atoms with Gasteiger partial charge < -0.3 is 23.9 Å². The number of nitrogens with zero attached hydrogens (tertiary/aromatic N) is 2. The molecule has 3 rings (SSSR count). The molecule has 11 heteroatoms. The number of ether oxygens (including phenoxy) is 2. The molecule has 0 radical (unpaired) electrons. The van der Waals surface area contributed by atoms with Gasteiger partial charge in [0.25, 0.3) is 0 Å². The molecule has 1 atom stereocenters. The lowest BCUT2D eigenvalue weighted by Gasteiger charge is -2.41.